The lowest BCUT2D eigenvalue weighted by atomic mass is 10.2. The third-order valence-corrected chi connectivity index (χ3v) is 4.52. The van der Waals surface area contributed by atoms with Gasteiger partial charge in [-0.2, -0.15) is 0 Å². The standard InChI is InChI=1S/C18H23ClN2O3S/c1-12(2)20-10-13(22)11-24-14-5-6-17(16(19)8-14)21-18(23)9-15-4-3-7-25-15/h3-8,12-13,20,22H,9-11H2,1-2H3,(H,21,23). The monoisotopic (exact) mass is 382 g/mol. The summed E-state index contributed by atoms with van der Waals surface area (Å²) in [5.41, 5.74) is 0.539. The number of carbonyl (C=O) groups is 1. The molecule has 0 radical (unpaired) electrons. The number of thiophene rings is 1. The van der Waals surface area contributed by atoms with Gasteiger partial charge in [0.1, 0.15) is 18.5 Å². The summed E-state index contributed by atoms with van der Waals surface area (Å²) in [6.07, 6.45) is -0.285. The number of carbonyl (C=O) groups excluding carboxylic acids is 1. The topological polar surface area (TPSA) is 70.6 Å². The fourth-order valence-electron chi connectivity index (χ4n) is 2.08. The molecule has 7 heteroatoms. The van der Waals surface area contributed by atoms with E-state index in [9.17, 15) is 9.90 Å². The van der Waals surface area contributed by atoms with Crippen LogP contribution in [0.4, 0.5) is 5.69 Å². The van der Waals surface area contributed by atoms with Crippen LogP contribution in [0.5, 0.6) is 5.75 Å². The zero-order valence-corrected chi connectivity index (χ0v) is 15.9. The number of anilines is 1. The third kappa shape index (κ3) is 7.04. The second kappa shape index (κ2) is 9.77. The minimum absolute atomic E-state index is 0.117. The Kier molecular flexibility index (Phi) is 7.71. The summed E-state index contributed by atoms with van der Waals surface area (Å²) in [6.45, 7) is 4.65. The highest BCUT2D eigenvalue weighted by atomic mass is 35.5. The third-order valence-electron chi connectivity index (χ3n) is 3.33. The molecule has 0 saturated heterocycles. The summed E-state index contributed by atoms with van der Waals surface area (Å²) < 4.78 is 5.54. The first-order chi connectivity index (χ1) is 11.9. The van der Waals surface area contributed by atoms with Crippen LogP contribution in [0.25, 0.3) is 0 Å². The van der Waals surface area contributed by atoms with Crippen molar-refractivity contribution in [3.05, 3.63) is 45.6 Å². The molecule has 5 nitrogen and oxygen atoms in total. The molecule has 1 aromatic heterocycles. The van der Waals surface area contributed by atoms with Crippen molar-refractivity contribution in [1.82, 2.24) is 5.32 Å². The van der Waals surface area contributed by atoms with Gasteiger partial charge in [0.25, 0.3) is 0 Å². The number of aliphatic hydroxyl groups is 1. The molecule has 0 fully saturated rings. The molecule has 2 aromatic rings. The Balaban J connectivity index is 1.84. The molecule has 0 saturated carbocycles. The second-order valence-corrected chi connectivity index (χ2v) is 7.41. The maximum atomic E-state index is 12.0. The van der Waals surface area contributed by atoms with Gasteiger partial charge in [-0.3, -0.25) is 4.79 Å². The summed E-state index contributed by atoms with van der Waals surface area (Å²) >= 11 is 7.75. The van der Waals surface area contributed by atoms with E-state index in [0.29, 0.717) is 35.5 Å². The Morgan fingerprint density at radius 2 is 2.16 bits per heavy atom. The first-order valence-corrected chi connectivity index (χ1v) is 9.36. The quantitative estimate of drug-likeness (QED) is 0.622. The van der Waals surface area contributed by atoms with Gasteiger partial charge in [-0.25, -0.2) is 0 Å². The molecular formula is C18H23ClN2O3S. The van der Waals surface area contributed by atoms with Gasteiger partial charge in [-0.1, -0.05) is 31.5 Å². The summed E-state index contributed by atoms with van der Waals surface area (Å²) in [5.74, 6) is 0.429. The molecule has 0 spiro atoms. The van der Waals surface area contributed by atoms with Crippen LogP contribution in [0.2, 0.25) is 5.02 Å². The van der Waals surface area contributed by atoms with Crippen LogP contribution in [-0.4, -0.2) is 36.3 Å². The maximum absolute atomic E-state index is 12.0. The molecule has 0 aliphatic rings. The Labute approximate surface area is 157 Å². The van der Waals surface area contributed by atoms with E-state index in [0.717, 1.165) is 4.88 Å². The normalized spacial score (nSPS) is 12.2. The van der Waals surface area contributed by atoms with E-state index in [2.05, 4.69) is 10.6 Å². The van der Waals surface area contributed by atoms with E-state index < -0.39 is 6.10 Å². The summed E-state index contributed by atoms with van der Waals surface area (Å²) in [6, 6.07) is 9.18. The van der Waals surface area contributed by atoms with Crippen LogP contribution < -0.4 is 15.4 Å². The van der Waals surface area contributed by atoms with Gasteiger partial charge in [0.15, 0.2) is 0 Å². The number of halogens is 1. The Hall–Kier alpha value is -1.60. The number of rotatable bonds is 9. The van der Waals surface area contributed by atoms with Gasteiger partial charge in [0.2, 0.25) is 5.91 Å². The summed E-state index contributed by atoms with van der Waals surface area (Å²) in [4.78, 5) is 13.0. The lowest BCUT2D eigenvalue weighted by molar-refractivity contribution is -0.115. The summed E-state index contributed by atoms with van der Waals surface area (Å²) in [7, 11) is 0. The van der Waals surface area contributed by atoms with E-state index in [1.807, 2.05) is 31.4 Å². The minimum atomic E-state index is -0.605. The molecular weight excluding hydrogens is 360 g/mol. The molecule has 3 N–H and O–H groups in total. The Morgan fingerprint density at radius 1 is 1.36 bits per heavy atom. The Morgan fingerprint density at radius 3 is 2.80 bits per heavy atom. The molecule has 136 valence electrons. The van der Waals surface area contributed by atoms with E-state index in [1.165, 1.54) is 0 Å². The molecule has 0 aliphatic carbocycles. The average molecular weight is 383 g/mol. The number of aliphatic hydroxyl groups excluding tert-OH is 1. The summed E-state index contributed by atoms with van der Waals surface area (Å²) in [5, 5.41) is 18.1. The lowest BCUT2D eigenvalue weighted by Crippen LogP contribution is -2.35. The zero-order valence-electron chi connectivity index (χ0n) is 14.3. The van der Waals surface area contributed by atoms with Crippen molar-refractivity contribution in [2.45, 2.75) is 32.4 Å². The van der Waals surface area contributed by atoms with Crippen LogP contribution in [0.15, 0.2) is 35.7 Å². The molecule has 1 heterocycles. The number of benzene rings is 1. The number of hydrogen-bond donors (Lipinski definition) is 3. The predicted octanol–water partition coefficient (Wildman–Crippen LogP) is 3.32. The van der Waals surface area contributed by atoms with Gasteiger partial charge in [-0.05, 0) is 23.6 Å². The van der Waals surface area contributed by atoms with Crippen LogP contribution in [0, 0.1) is 0 Å². The SMILES string of the molecule is CC(C)NCC(O)COc1ccc(NC(=O)Cc2cccs2)c(Cl)c1. The second-order valence-electron chi connectivity index (χ2n) is 5.97. The number of ether oxygens (including phenoxy) is 1. The largest absolute Gasteiger partial charge is 0.491 e. The van der Waals surface area contributed by atoms with Gasteiger partial charge in [0, 0.05) is 23.5 Å². The van der Waals surface area contributed by atoms with Crippen LogP contribution >= 0.6 is 22.9 Å². The Bertz CT molecular complexity index is 677. The number of nitrogens with one attached hydrogen (secondary N) is 2. The number of hydrogen-bond acceptors (Lipinski definition) is 5. The highest BCUT2D eigenvalue weighted by Crippen LogP contribution is 2.27. The van der Waals surface area contributed by atoms with Crippen LogP contribution in [0.3, 0.4) is 0 Å². The van der Waals surface area contributed by atoms with Crippen molar-refractivity contribution in [2.75, 3.05) is 18.5 Å². The highest BCUT2D eigenvalue weighted by molar-refractivity contribution is 7.10. The highest BCUT2D eigenvalue weighted by Gasteiger charge is 2.10. The van der Waals surface area contributed by atoms with Crippen molar-refractivity contribution < 1.29 is 14.6 Å². The van der Waals surface area contributed by atoms with Crippen LogP contribution in [-0.2, 0) is 11.2 Å². The number of amides is 1. The van der Waals surface area contributed by atoms with Gasteiger partial charge >= 0.3 is 0 Å². The molecule has 1 amide bonds. The van der Waals surface area contributed by atoms with Crippen molar-refractivity contribution in [1.29, 1.82) is 0 Å². The molecule has 0 bridgehead atoms. The van der Waals surface area contributed by atoms with Crippen molar-refractivity contribution in [2.24, 2.45) is 0 Å². The average Bonchev–Trinajstić information content (AvgIpc) is 3.06. The van der Waals surface area contributed by atoms with E-state index in [4.69, 9.17) is 16.3 Å². The van der Waals surface area contributed by atoms with Crippen molar-refractivity contribution >= 4 is 34.5 Å². The first-order valence-electron chi connectivity index (χ1n) is 8.10. The van der Waals surface area contributed by atoms with E-state index in [-0.39, 0.29) is 12.5 Å². The van der Waals surface area contributed by atoms with E-state index in [1.54, 1.807) is 29.5 Å². The molecule has 0 aliphatic heterocycles. The lowest BCUT2D eigenvalue weighted by Gasteiger charge is -2.15. The first kappa shape index (κ1) is 19.7. The fraction of sp³-hybridized carbons (Fsp3) is 0.389. The molecule has 2 rings (SSSR count). The minimum Gasteiger partial charge on any atom is -0.491 e. The van der Waals surface area contributed by atoms with Crippen molar-refractivity contribution in [3.8, 4) is 5.75 Å². The zero-order chi connectivity index (χ0) is 18.2. The van der Waals surface area contributed by atoms with Crippen molar-refractivity contribution in [3.63, 3.8) is 0 Å². The fourth-order valence-corrected chi connectivity index (χ4v) is 3.00. The predicted molar refractivity (Wildman–Crippen MR) is 103 cm³/mol. The molecule has 1 unspecified atom stereocenters. The van der Waals surface area contributed by atoms with Crippen LogP contribution in [0.1, 0.15) is 18.7 Å². The smallest absolute Gasteiger partial charge is 0.229 e. The van der Waals surface area contributed by atoms with Gasteiger partial charge in [-0.15, -0.1) is 11.3 Å². The maximum Gasteiger partial charge on any atom is 0.229 e. The van der Waals surface area contributed by atoms with E-state index >= 15 is 0 Å². The van der Waals surface area contributed by atoms with Gasteiger partial charge < -0.3 is 20.5 Å². The molecule has 1 atom stereocenters. The van der Waals surface area contributed by atoms with Gasteiger partial charge in [0.05, 0.1) is 17.1 Å². The molecule has 25 heavy (non-hydrogen) atoms. The molecule has 1 aromatic carbocycles.